The number of methoxy groups -OCH3 is 1. The molecule has 2 N–H and O–H groups in total. The Labute approximate surface area is 180 Å². The van der Waals surface area contributed by atoms with E-state index in [1.807, 2.05) is 0 Å². The number of hydrogen-bond donors (Lipinski definition) is 2. The quantitative estimate of drug-likeness (QED) is 0.568. The molecular formula is C21H28N4O4S. The lowest BCUT2D eigenvalue weighted by Gasteiger charge is -2.23. The Kier molecular flexibility index (Phi) is 9.27. The molecule has 0 saturated heterocycles. The average molecular weight is 433 g/mol. The molecule has 0 spiro atoms. The molecule has 2 aromatic rings. The summed E-state index contributed by atoms with van der Waals surface area (Å²) in [6.45, 7) is 4.60. The highest BCUT2D eigenvalue weighted by Crippen LogP contribution is 2.20. The van der Waals surface area contributed by atoms with Gasteiger partial charge in [-0.1, -0.05) is 13.8 Å². The smallest absolute Gasteiger partial charge is 0.240 e. The van der Waals surface area contributed by atoms with E-state index in [0.717, 1.165) is 6.42 Å². The van der Waals surface area contributed by atoms with Crippen molar-refractivity contribution in [2.24, 2.45) is 5.92 Å². The topological polar surface area (TPSA) is 101 Å². The number of nitrogens with one attached hydrogen (secondary N) is 2. The minimum atomic E-state index is -0.312. The second-order valence-electron chi connectivity index (χ2n) is 7.10. The Balaban J connectivity index is 2.00. The van der Waals surface area contributed by atoms with Gasteiger partial charge in [0.05, 0.1) is 7.11 Å². The third-order valence-electron chi connectivity index (χ3n) is 4.28. The highest BCUT2D eigenvalue weighted by Gasteiger charge is 2.20. The van der Waals surface area contributed by atoms with Crippen LogP contribution in [-0.2, 0) is 14.4 Å². The summed E-state index contributed by atoms with van der Waals surface area (Å²) in [5.41, 5.74) is 0.570. The predicted octanol–water partition coefficient (Wildman–Crippen LogP) is 3.07. The largest absolute Gasteiger partial charge is 0.497 e. The van der Waals surface area contributed by atoms with Crippen molar-refractivity contribution in [3.63, 3.8) is 0 Å². The Morgan fingerprint density at radius 1 is 1.13 bits per heavy atom. The van der Waals surface area contributed by atoms with Crippen LogP contribution in [0.1, 0.15) is 33.1 Å². The fraction of sp³-hybridized carbons (Fsp3) is 0.429. The van der Waals surface area contributed by atoms with Gasteiger partial charge in [-0.3, -0.25) is 14.4 Å². The molecule has 0 aliphatic carbocycles. The van der Waals surface area contributed by atoms with E-state index in [9.17, 15) is 14.4 Å². The first-order valence-electron chi connectivity index (χ1n) is 9.79. The number of thiazole rings is 1. The molecule has 8 nitrogen and oxygen atoms in total. The van der Waals surface area contributed by atoms with Crippen LogP contribution in [0.25, 0.3) is 0 Å². The molecule has 0 unspecified atom stereocenters. The van der Waals surface area contributed by atoms with E-state index in [1.165, 1.54) is 16.2 Å². The number of carbonyl (C=O) groups excluding carboxylic acids is 3. The van der Waals surface area contributed by atoms with E-state index in [4.69, 9.17) is 4.74 Å². The zero-order valence-electron chi connectivity index (χ0n) is 17.5. The van der Waals surface area contributed by atoms with Gasteiger partial charge in [-0.2, -0.15) is 0 Å². The molecule has 0 fully saturated rings. The molecule has 3 amide bonds. The first kappa shape index (κ1) is 23.3. The Morgan fingerprint density at radius 3 is 2.47 bits per heavy atom. The molecule has 2 rings (SSSR count). The number of aromatic nitrogens is 1. The van der Waals surface area contributed by atoms with Crippen molar-refractivity contribution in [3.05, 3.63) is 35.8 Å². The fourth-order valence-electron chi connectivity index (χ4n) is 2.61. The molecule has 0 radical (unpaired) electrons. The maximum absolute atomic E-state index is 12.8. The average Bonchev–Trinajstić information content (AvgIpc) is 3.23. The summed E-state index contributed by atoms with van der Waals surface area (Å²) >= 11 is 1.31. The molecule has 30 heavy (non-hydrogen) atoms. The highest BCUT2D eigenvalue weighted by atomic mass is 32.1. The highest BCUT2D eigenvalue weighted by molar-refractivity contribution is 7.13. The van der Waals surface area contributed by atoms with E-state index in [1.54, 1.807) is 43.0 Å². The SMILES string of the molecule is COc1ccc(N(CC(=O)NCCC(C)C)C(=O)CCC(=O)Nc2nccs2)cc1. The lowest BCUT2D eigenvalue weighted by molar-refractivity contribution is -0.125. The van der Waals surface area contributed by atoms with Crippen LogP contribution >= 0.6 is 11.3 Å². The van der Waals surface area contributed by atoms with Gasteiger partial charge in [0.25, 0.3) is 0 Å². The molecule has 9 heteroatoms. The molecule has 1 aromatic carbocycles. The van der Waals surface area contributed by atoms with Gasteiger partial charge < -0.3 is 20.3 Å². The Bertz CT molecular complexity index is 822. The van der Waals surface area contributed by atoms with E-state index < -0.39 is 0 Å². The molecule has 0 saturated carbocycles. The molecule has 0 atom stereocenters. The van der Waals surface area contributed by atoms with E-state index >= 15 is 0 Å². The number of carbonyl (C=O) groups is 3. The van der Waals surface area contributed by atoms with Crippen LogP contribution in [0.5, 0.6) is 5.75 Å². The van der Waals surface area contributed by atoms with E-state index in [0.29, 0.717) is 29.0 Å². The van der Waals surface area contributed by atoms with Crippen molar-refractivity contribution >= 4 is 39.9 Å². The molecule has 0 aliphatic rings. The summed E-state index contributed by atoms with van der Waals surface area (Å²) in [6.07, 6.45) is 2.43. The van der Waals surface area contributed by atoms with Crippen molar-refractivity contribution < 1.29 is 19.1 Å². The zero-order chi connectivity index (χ0) is 21.9. The molecule has 1 aromatic heterocycles. The van der Waals surface area contributed by atoms with Crippen molar-refractivity contribution in [1.29, 1.82) is 0 Å². The molecule has 1 heterocycles. The van der Waals surface area contributed by atoms with Gasteiger partial charge in [-0.15, -0.1) is 11.3 Å². The van der Waals surface area contributed by atoms with Crippen LogP contribution in [0.3, 0.4) is 0 Å². The van der Waals surface area contributed by atoms with Crippen LogP contribution < -0.4 is 20.3 Å². The van der Waals surface area contributed by atoms with Crippen molar-refractivity contribution in [3.8, 4) is 5.75 Å². The lowest BCUT2D eigenvalue weighted by atomic mass is 10.1. The zero-order valence-corrected chi connectivity index (χ0v) is 18.3. The van der Waals surface area contributed by atoms with Gasteiger partial charge in [-0.25, -0.2) is 4.98 Å². The summed E-state index contributed by atoms with van der Waals surface area (Å²) in [5, 5.41) is 7.74. The Hall–Kier alpha value is -2.94. The standard InChI is InChI=1S/C21H28N4O4S/c1-15(2)10-11-22-19(27)14-25(16-4-6-17(29-3)7-5-16)20(28)9-8-18(26)24-21-23-12-13-30-21/h4-7,12-13,15H,8-11,14H2,1-3H3,(H,22,27)(H,23,24,26). The van der Waals surface area contributed by atoms with Crippen molar-refractivity contribution in [1.82, 2.24) is 10.3 Å². The summed E-state index contributed by atoms with van der Waals surface area (Å²) in [6, 6.07) is 6.88. The normalized spacial score (nSPS) is 10.5. The summed E-state index contributed by atoms with van der Waals surface area (Å²) in [7, 11) is 1.56. The maximum atomic E-state index is 12.8. The molecular weight excluding hydrogens is 404 g/mol. The first-order chi connectivity index (χ1) is 14.4. The number of nitrogens with zero attached hydrogens (tertiary/aromatic N) is 2. The number of benzene rings is 1. The number of rotatable bonds is 11. The van der Waals surface area contributed by atoms with Gasteiger partial charge in [0, 0.05) is 36.7 Å². The van der Waals surface area contributed by atoms with Crippen LogP contribution in [0.15, 0.2) is 35.8 Å². The lowest BCUT2D eigenvalue weighted by Crippen LogP contribution is -2.41. The van der Waals surface area contributed by atoms with Gasteiger partial charge in [-0.05, 0) is 36.6 Å². The Morgan fingerprint density at radius 2 is 1.87 bits per heavy atom. The van der Waals surface area contributed by atoms with Crippen molar-refractivity contribution in [2.45, 2.75) is 33.1 Å². The molecule has 162 valence electrons. The van der Waals surface area contributed by atoms with Crippen LogP contribution in [0.2, 0.25) is 0 Å². The van der Waals surface area contributed by atoms with Gasteiger partial charge in [0.15, 0.2) is 5.13 Å². The van der Waals surface area contributed by atoms with E-state index in [2.05, 4.69) is 29.5 Å². The van der Waals surface area contributed by atoms with Crippen LogP contribution in [0.4, 0.5) is 10.8 Å². The third-order valence-corrected chi connectivity index (χ3v) is 4.96. The number of hydrogen-bond acceptors (Lipinski definition) is 6. The number of ether oxygens (including phenoxy) is 1. The minimum absolute atomic E-state index is 0.0000362. The summed E-state index contributed by atoms with van der Waals surface area (Å²) in [4.78, 5) is 42.7. The fourth-order valence-corrected chi connectivity index (χ4v) is 3.15. The summed E-state index contributed by atoms with van der Waals surface area (Å²) in [5.74, 6) is 0.270. The number of anilines is 2. The van der Waals surface area contributed by atoms with Gasteiger partial charge >= 0.3 is 0 Å². The first-order valence-corrected chi connectivity index (χ1v) is 10.7. The third kappa shape index (κ3) is 7.82. The number of amides is 3. The minimum Gasteiger partial charge on any atom is -0.497 e. The summed E-state index contributed by atoms with van der Waals surface area (Å²) < 4.78 is 5.15. The molecule has 0 bridgehead atoms. The van der Waals surface area contributed by atoms with Gasteiger partial charge in [0.1, 0.15) is 12.3 Å². The van der Waals surface area contributed by atoms with Crippen LogP contribution in [0, 0.1) is 5.92 Å². The second kappa shape index (κ2) is 11.9. The predicted molar refractivity (Wildman–Crippen MR) is 118 cm³/mol. The van der Waals surface area contributed by atoms with Crippen LogP contribution in [-0.4, -0.2) is 42.9 Å². The molecule has 0 aliphatic heterocycles. The monoisotopic (exact) mass is 432 g/mol. The van der Waals surface area contributed by atoms with Crippen molar-refractivity contribution in [2.75, 3.05) is 30.4 Å². The maximum Gasteiger partial charge on any atom is 0.240 e. The van der Waals surface area contributed by atoms with Gasteiger partial charge in [0.2, 0.25) is 17.7 Å². The second-order valence-corrected chi connectivity index (χ2v) is 7.99. The van der Waals surface area contributed by atoms with E-state index in [-0.39, 0.29) is 37.1 Å².